The van der Waals surface area contributed by atoms with Crippen LogP contribution in [0.15, 0.2) is 0 Å². The van der Waals surface area contributed by atoms with Gasteiger partial charge in [-0.25, -0.2) is 4.39 Å². The molecule has 0 aliphatic heterocycles. The molecule has 0 radical (unpaired) electrons. The zero-order valence-corrected chi connectivity index (χ0v) is 7.64. The van der Waals surface area contributed by atoms with Crippen molar-refractivity contribution >= 4 is 5.97 Å². The maximum absolute atomic E-state index is 12.3. The van der Waals surface area contributed by atoms with Crippen LogP contribution in [0.25, 0.3) is 0 Å². The lowest BCUT2D eigenvalue weighted by atomic mass is 10.0. The van der Waals surface area contributed by atoms with Gasteiger partial charge in [0.2, 0.25) is 0 Å². The first-order chi connectivity index (χ1) is 6.25. The molecule has 2 atom stereocenters. The summed E-state index contributed by atoms with van der Waals surface area (Å²) in [6.45, 7) is 1.38. The van der Waals surface area contributed by atoms with E-state index in [4.69, 9.17) is 5.11 Å². The van der Waals surface area contributed by atoms with Gasteiger partial charge in [-0.05, 0) is 19.3 Å². The Morgan fingerprint density at radius 2 is 1.86 bits per heavy atom. The third-order valence-corrected chi connectivity index (χ3v) is 1.87. The smallest absolute Gasteiger partial charge is 0.419 e. The van der Waals surface area contributed by atoms with E-state index in [1.165, 1.54) is 6.92 Å². The van der Waals surface area contributed by atoms with Crippen LogP contribution in [-0.2, 0) is 4.79 Å². The molecular formula is C8H12F4O2. The molecular weight excluding hydrogens is 204 g/mol. The third-order valence-electron chi connectivity index (χ3n) is 1.87. The molecule has 6 heteroatoms. The molecule has 0 bridgehead atoms. The Labute approximate surface area is 78.9 Å². The van der Waals surface area contributed by atoms with Crippen LogP contribution in [0.2, 0.25) is 0 Å². The van der Waals surface area contributed by atoms with Crippen LogP contribution in [0, 0.1) is 5.92 Å². The van der Waals surface area contributed by atoms with Gasteiger partial charge < -0.3 is 5.11 Å². The minimum atomic E-state index is -4.83. The van der Waals surface area contributed by atoms with Gasteiger partial charge in [0.05, 0.1) is 5.92 Å². The minimum absolute atomic E-state index is 0.0613. The molecule has 1 N–H and O–H groups in total. The summed E-state index contributed by atoms with van der Waals surface area (Å²) in [5.74, 6) is -1.80. The Kier molecular flexibility index (Phi) is 4.87. The molecule has 2 unspecified atom stereocenters. The summed E-state index contributed by atoms with van der Waals surface area (Å²) < 4.78 is 47.2. The second-order valence-corrected chi connectivity index (χ2v) is 3.18. The Hall–Kier alpha value is -0.810. The predicted molar refractivity (Wildman–Crippen MR) is 41.6 cm³/mol. The van der Waals surface area contributed by atoms with Crippen LogP contribution in [0.3, 0.4) is 0 Å². The number of carboxylic acids is 1. The molecule has 0 aromatic rings. The first-order valence-electron chi connectivity index (χ1n) is 4.18. The molecule has 14 heavy (non-hydrogen) atoms. The number of carbonyl (C=O) groups is 1. The summed E-state index contributed by atoms with van der Waals surface area (Å²) in [4.78, 5) is 10.3. The number of hydrogen-bond acceptors (Lipinski definition) is 1. The van der Waals surface area contributed by atoms with Gasteiger partial charge in [-0.2, -0.15) is 13.2 Å². The first kappa shape index (κ1) is 13.2. The fourth-order valence-corrected chi connectivity index (χ4v) is 0.890. The minimum Gasteiger partial charge on any atom is -0.481 e. The summed E-state index contributed by atoms with van der Waals surface area (Å²) in [6.07, 6.45) is -8.35. The Morgan fingerprint density at radius 3 is 2.21 bits per heavy atom. The van der Waals surface area contributed by atoms with E-state index in [0.29, 0.717) is 0 Å². The average molecular weight is 216 g/mol. The topological polar surface area (TPSA) is 37.3 Å². The second kappa shape index (κ2) is 5.17. The largest absolute Gasteiger partial charge is 0.481 e. The highest BCUT2D eigenvalue weighted by molar-refractivity contribution is 5.69. The molecule has 0 aromatic carbocycles. The zero-order chi connectivity index (χ0) is 11.4. The monoisotopic (exact) mass is 216 g/mol. The molecule has 84 valence electrons. The Bertz CT molecular complexity index is 190. The second-order valence-electron chi connectivity index (χ2n) is 3.18. The SMILES string of the molecule is CC(CCCC(F)C(F)(F)F)C(=O)O. The van der Waals surface area contributed by atoms with Crippen LogP contribution in [0.5, 0.6) is 0 Å². The van der Waals surface area contributed by atoms with Crippen molar-refractivity contribution in [3.05, 3.63) is 0 Å². The summed E-state index contributed by atoms with van der Waals surface area (Å²) in [7, 11) is 0. The maximum atomic E-state index is 12.3. The van der Waals surface area contributed by atoms with Gasteiger partial charge in [0.15, 0.2) is 6.17 Å². The third kappa shape index (κ3) is 5.04. The Morgan fingerprint density at radius 1 is 1.36 bits per heavy atom. The molecule has 0 aromatic heterocycles. The van der Waals surface area contributed by atoms with E-state index in [-0.39, 0.29) is 12.8 Å². The van der Waals surface area contributed by atoms with Crippen molar-refractivity contribution in [2.75, 3.05) is 0 Å². The van der Waals surface area contributed by atoms with Crippen molar-refractivity contribution in [1.82, 2.24) is 0 Å². The van der Waals surface area contributed by atoms with Gasteiger partial charge in [0, 0.05) is 0 Å². The van der Waals surface area contributed by atoms with Crippen molar-refractivity contribution in [2.24, 2.45) is 5.92 Å². The average Bonchev–Trinajstić information content (AvgIpc) is 2.01. The number of alkyl halides is 4. The Balaban J connectivity index is 3.70. The van der Waals surface area contributed by atoms with E-state index < -0.39 is 30.7 Å². The van der Waals surface area contributed by atoms with Crippen molar-refractivity contribution in [2.45, 2.75) is 38.5 Å². The highest BCUT2D eigenvalue weighted by atomic mass is 19.4. The molecule has 0 rings (SSSR count). The standard InChI is InChI=1S/C8H12F4O2/c1-5(7(13)14)3-2-4-6(9)8(10,11)12/h5-6H,2-4H2,1H3,(H,13,14). The van der Waals surface area contributed by atoms with Gasteiger partial charge >= 0.3 is 12.1 Å². The quantitative estimate of drug-likeness (QED) is 0.717. The molecule has 0 aliphatic rings. The molecule has 0 spiro atoms. The summed E-state index contributed by atoms with van der Waals surface area (Å²) in [6, 6.07) is 0. The normalized spacial score (nSPS) is 16.4. The molecule has 0 amide bonds. The van der Waals surface area contributed by atoms with Crippen LogP contribution >= 0.6 is 0 Å². The van der Waals surface area contributed by atoms with Crippen LogP contribution < -0.4 is 0 Å². The molecule has 0 heterocycles. The van der Waals surface area contributed by atoms with E-state index >= 15 is 0 Å². The highest BCUT2D eigenvalue weighted by Crippen LogP contribution is 2.27. The lowest BCUT2D eigenvalue weighted by Gasteiger charge is -2.12. The molecule has 0 saturated carbocycles. The summed E-state index contributed by atoms with van der Waals surface area (Å²) in [5.41, 5.74) is 0. The molecule has 0 fully saturated rings. The van der Waals surface area contributed by atoms with Crippen LogP contribution in [0.1, 0.15) is 26.2 Å². The van der Waals surface area contributed by atoms with Gasteiger partial charge in [0.1, 0.15) is 0 Å². The number of rotatable bonds is 5. The van der Waals surface area contributed by atoms with Crippen molar-refractivity contribution < 1.29 is 27.5 Å². The van der Waals surface area contributed by atoms with E-state index in [1.807, 2.05) is 0 Å². The van der Waals surface area contributed by atoms with Crippen molar-refractivity contribution in [1.29, 1.82) is 0 Å². The van der Waals surface area contributed by atoms with Gasteiger partial charge in [-0.15, -0.1) is 0 Å². The fraction of sp³-hybridized carbons (Fsp3) is 0.875. The number of halogens is 4. The van der Waals surface area contributed by atoms with Gasteiger partial charge in [0.25, 0.3) is 0 Å². The molecule has 2 nitrogen and oxygen atoms in total. The van der Waals surface area contributed by atoms with E-state index in [1.54, 1.807) is 0 Å². The van der Waals surface area contributed by atoms with Crippen LogP contribution in [0.4, 0.5) is 17.6 Å². The van der Waals surface area contributed by atoms with Gasteiger partial charge in [-0.3, -0.25) is 4.79 Å². The fourth-order valence-electron chi connectivity index (χ4n) is 0.890. The first-order valence-corrected chi connectivity index (χ1v) is 4.18. The lowest BCUT2D eigenvalue weighted by molar-refractivity contribution is -0.182. The van der Waals surface area contributed by atoms with Crippen molar-refractivity contribution in [3.8, 4) is 0 Å². The molecule has 0 saturated heterocycles. The summed E-state index contributed by atoms with van der Waals surface area (Å²) in [5, 5.41) is 8.39. The van der Waals surface area contributed by atoms with E-state index in [0.717, 1.165) is 0 Å². The highest BCUT2D eigenvalue weighted by Gasteiger charge is 2.39. The number of aliphatic carboxylic acids is 1. The summed E-state index contributed by atoms with van der Waals surface area (Å²) >= 11 is 0. The lowest BCUT2D eigenvalue weighted by Crippen LogP contribution is -2.24. The predicted octanol–water partition coefficient (Wildman–Crippen LogP) is 2.78. The van der Waals surface area contributed by atoms with E-state index in [9.17, 15) is 22.4 Å². The molecule has 0 aliphatic carbocycles. The van der Waals surface area contributed by atoms with E-state index in [2.05, 4.69) is 0 Å². The number of carboxylic acid groups (broad SMARTS) is 1. The van der Waals surface area contributed by atoms with Crippen molar-refractivity contribution in [3.63, 3.8) is 0 Å². The maximum Gasteiger partial charge on any atom is 0.419 e. The van der Waals surface area contributed by atoms with Crippen LogP contribution in [-0.4, -0.2) is 23.4 Å². The number of hydrogen-bond donors (Lipinski definition) is 1. The zero-order valence-electron chi connectivity index (χ0n) is 7.64. The van der Waals surface area contributed by atoms with Gasteiger partial charge in [-0.1, -0.05) is 6.92 Å².